The maximum atomic E-state index is 9.86. The van der Waals surface area contributed by atoms with Crippen molar-refractivity contribution in [1.82, 2.24) is 0 Å². The predicted octanol–water partition coefficient (Wildman–Crippen LogP) is 10.3. The van der Waals surface area contributed by atoms with E-state index in [1.807, 2.05) is 0 Å². The summed E-state index contributed by atoms with van der Waals surface area (Å²) in [5, 5.41) is -3.00. The minimum absolute atomic E-state index is 0.0428. The maximum Gasteiger partial charge on any atom is 0.0636 e. The van der Waals surface area contributed by atoms with Gasteiger partial charge in [-0.15, -0.1) is 0 Å². The highest BCUT2D eigenvalue weighted by atomic mass is 14.4. The van der Waals surface area contributed by atoms with Crippen LogP contribution in [0.1, 0.15) is 52.4 Å². The Hall–Kier alpha value is -4.42. The zero-order valence-corrected chi connectivity index (χ0v) is 19.5. The van der Waals surface area contributed by atoms with Gasteiger partial charge in [0.15, 0.2) is 0 Å². The molecule has 0 unspecified atom stereocenters. The van der Waals surface area contributed by atoms with Gasteiger partial charge in [-0.1, -0.05) is 123 Å². The summed E-state index contributed by atoms with van der Waals surface area (Å²) in [6.45, 7) is 3.15. The molecular weight excluding hydrogens is 444 g/mol. The Labute approximate surface area is 244 Å². The largest absolute Gasteiger partial charge is 0.0636 e. The molecule has 1 aliphatic carbocycles. The summed E-state index contributed by atoms with van der Waals surface area (Å²) in [6, 6.07) is -13.5. The van der Waals surface area contributed by atoms with Crippen LogP contribution in [0.15, 0.2) is 121 Å². The lowest BCUT2D eigenvalue weighted by molar-refractivity contribution is 0.666. The van der Waals surface area contributed by atoms with Crippen LogP contribution >= 0.6 is 0 Å². The molecule has 8 rings (SSSR count). The molecule has 0 heteroatoms. The fourth-order valence-corrected chi connectivity index (χ4v) is 5.34. The van der Waals surface area contributed by atoms with Crippen molar-refractivity contribution in [3.63, 3.8) is 0 Å². The van der Waals surface area contributed by atoms with E-state index in [9.17, 15) is 6.85 Å². The first-order chi connectivity index (χ1) is 26.5. The van der Waals surface area contributed by atoms with Crippen LogP contribution in [0.5, 0.6) is 0 Å². The number of hydrogen-bond donors (Lipinski definition) is 0. The van der Waals surface area contributed by atoms with Gasteiger partial charge in [-0.2, -0.15) is 0 Å². The molecule has 7 aromatic carbocycles. The Balaban J connectivity index is 1.69. The van der Waals surface area contributed by atoms with Gasteiger partial charge in [0.2, 0.25) is 0 Å². The summed E-state index contributed by atoms with van der Waals surface area (Å²) in [5.41, 5.74) is -2.64. The normalized spacial score (nSPS) is 21.5. The van der Waals surface area contributed by atoms with Crippen LogP contribution in [0.2, 0.25) is 0 Å². The lowest BCUT2D eigenvalue weighted by Crippen LogP contribution is -2.15. The third-order valence-corrected chi connectivity index (χ3v) is 7.00. The molecule has 0 amide bonds. The van der Waals surface area contributed by atoms with Crippen LogP contribution in [-0.2, 0) is 5.41 Å². The van der Waals surface area contributed by atoms with Gasteiger partial charge in [0, 0.05) is 5.41 Å². The van der Waals surface area contributed by atoms with Crippen molar-refractivity contribution in [2.45, 2.75) is 19.3 Å². The molecule has 7 aromatic rings. The van der Waals surface area contributed by atoms with Crippen molar-refractivity contribution in [2.24, 2.45) is 0 Å². The van der Waals surface area contributed by atoms with E-state index < -0.39 is 170 Å². The fourth-order valence-electron chi connectivity index (χ4n) is 5.34. The summed E-state index contributed by atoms with van der Waals surface area (Å²) in [5.74, 6) is 0. The third kappa shape index (κ3) is 2.79. The first-order valence-corrected chi connectivity index (χ1v) is 11.5. The Kier molecular flexibility index (Phi) is 1.81. The second kappa shape index (κ2) is 7.31. The summed E-state index contributed by atoms with van der Waals surface area (Å²) < 4.78 is 178. The monoisotopic (exact) mass is 490 g/mol. The van der Waals surface area contributed by atoms with Gasteiger partial charge >= 0.3 is 0 Å². The van der Waals surface area contributed by atoms with E-state index in [1.54, 1.807) is 13.8 Å². The molecule has 0 heterocycles. The quantitative estimate of drug-likeness (QED) is 0.159. The molecule has 0 fully saturated rings. The van der Waals surface area contributed by atoms with E-state index in [4.69, 9.17) is 20.6 Å². The molecule has 1 aliphatic rings. The van der Waals surface area contributed by atoms with Gasteiger partial charge < -0.3 is 0 Å². The van der Waals surface area contributed by atoms with Crippen molar-refractivity contribution >= 4 is 43.1 Å². The van der Waals surface area contributed by atoms with E-state index in [-0.39, 0.29) is 33.0 Å². The Morgan fingerprint density at radius 3 is 1.92 bits per heavy atom. The summed E-state index contributed by atoms with van der Waals surface area (Å²) >= 11 is 0. The Bertz CT molecular complexity index is 3150. The van der Waals surface area contributed by atoms with Gasteiger partial charge in [0.05, 0.1) is 27.4 Å². The zero-order chi connectivity index (χ0) is 42.1. The van der Waals surface area contributed by atoms with Crippen LogP contribution in [0.4, 0.5) is 0 Å². The summed E-state index contributed by atoms with van der Waals surface area (Å²) in [7, 11) is 0. The van der Waals surface area contributed by atoms with Gasteiger partial charge in [0.1, 0.15) is 0 Å². The molecule has 0 atom stereocenters. The Morgan fingerprint density at radius 1 is 0.486 bits per heavy atom. The Morgan fingerprint density at radius 2 is 1.11 bits per heavy atom. The molecule has 37 heavy (non-hydrogen) atoms. The van der Waals surface area contributed by atoms with Crippen molar-refractivity contribution in [1.29, 1.82) is 0 Å². The molecular formula is C37H26. The minimum Gasteiger partial charge on any atom is -0.0616 e. The fraction of sp³-hybridized carbons (Fsp3) is 0.0811. The van der Waals surface area contributed by atoms with Crippen molar-refractivity contribution in [2.75, 3.05) is 0 Å². The van der Waals surface area contributed by atoms with Gasteiger partial charge in [-0.05, 0) is 88.6 Å². The molecule has 0 aromatic heterocycles. The molecule has 0 saturated heterocycles. The average Bonchev–Trinajstić information content (AvgIpc) is 3.41. The number of rotatable bonds is 1. The summed E-state index contributed by atoms with van der Waals surface area (Å²) in [6.07, 6.45) is 0. The lowest BCUT2D eigenvalue weighted by Gasteiger charge is -2.24. The standard InChI is InChI=1S/C37H26/c1-37(2)34-22-26(17-18-30(34)32-20-16-24-10-4-8-14-29(24)36(32)37)35-28-13-7-5-11-25(28)21-33-27-12-6-3-9-23(27)15-19-31(33)35/h3-22H,1-2H3/i3D,4D,5D,6D,7D,8D,9D,10D,11D,12D,13D,14D,15D,16D,17D,18D,19D,20D,21D,22D. The van der Waals surface area contributed by atoms with Crippen LogP contribution < -0.4 is 0 Å². The average molecular weight is 491 g/mol. The van der Waals surface area contributed by atoms with Crippen LogP contribution in [0.3, 0.4) is 0 Å². The topological polar surface area (TPSA) is 0 Å². The predicted molar refractivity (Wildman–Crippen MR) is 159 cm³/mol. The van der Waals surface area contributed by atoms with E-state index in [0.29, 0.717) is 0 Å². The highest BCUT2D eigenvalue weighted by Crippen LogP contribution is 2.52. The van der Waals surface area contributed by atoms with Gasteiger partial charge in [0.25, 0.3) is 0 Å². The van der Waals surface area contributed by atoms with Gasteiger partial charge in [-0.3, -0.25) is 0 Å². The van der Waals surface area contributed by atoms with Crippen molar-refractivity contribution < 1.29 is 27.4 Å². The van der Waals surface area contributed by atoms with E-state index in [0.717, 1.165) is 0 Å². The number of fused-ring (bicyclic) bond motifs is 9. The molecule has 0 N–H and O–H groups in total. The molecule has 0 nitrogen and oxygen atoms in total. The van der Waals surface area contributed by atoms with E-state index in [1.165, 1.54) is 0 Å². The summed E-state index contributed by atoms with van der Waals surface area (Å²) in [4.78, 5) is 0. The molecule has 174 valence electrons. The van der Waals surface area contributed by atoms with E-state index in [2.05, 4.69) is 0 Å². The molecule has 0 bridgehead atoms. The maximum absolute atomic E-state index is 9.86. The van der Waals surface area contributed by atoms with Crippen LogP contribution in [0.25, 0.3) is 65.3 Å². The molecule has 0 radical (unpaired) electrons. The number of hydrogen-bond acceptors (Lipinski definition) is 0. The van der Waals surface area contributed by atoms with Crippen LogP contribution in [0, 0.1) is 0 Å². The highest BCUT2D eigenvalue weighted by molar-refractivity contribution is 6.20. The molecule has 0 spiro atoms. The van der Waals surface area contributed by atoms with Gasteiger partial charge in [-0.25, -0.2) is 0 Å². The zero-order valence-electron chi connectivity index (χ0n) is 39.5. The van der Waals surface area contributed by atoms with Crippen molar-refractivity contribution in [3.05, 3.63) is 132 Å². The second-order valence-corrected chi connectivity index (χ2v) is 9.38. The SMILES string of the molecule is [2H]c1c([2H])c2c(c([2H])c1-c1c3c([2H])c([2H])c([2H])c([2H])c3c([2H])c3c1c([2H])c([2H])c1c([2H])c([2H])c([2H])c([2H])c13)C(C)(C)c1c-2c([2H])c([2H])c2c([2H])c([2H])c([2H])c([2H])c12. The third-order valence-electron chi connectivity index (χ3n) is 7.00. The lowest BCUT2D eigenvalue weighted by atomic mass is 9.79. The first-order valence-electron chi connectivity index (χ1n) is 21.5. The van der Waals surface area contributed by atoms with Crippen molar-refractivity contribution in [3.8, 4) is 22.3 Å². The highest BCUT2D eigenvalue weighted by Gasteiger charge is 2.37. The van der Waals surface area contributed by atoms with E-state index >= 15 is 0 Å². The molecule has 0 saturated carbocycles. The smallest absolute Gasteiger partial charge is 0.0616 e. The number of benzene rings is 7. The second-order valence-electron chi connectivity index (χ2n) is 9.38. The molecule has 0 aliphatic heterocycles. The minimum atomic E-state index is -1.50. The van der Waals surface area contributed by atoms with Crippen LogP contribution in [-0.4, -0.2) is 0 Å². The first kappa shape index (κ1) is 9.15.